The molecule has 0 aliphatic rings. The highest BCUT2D eigenvalue weighted by Crippen LogP contribution is 2.20. The summed E-state index contributed by atoms with van der Waals surface area (Å²) in [6.07, 6.45) is 4.49. The molecule has 0 bridgehead atoms. The molecule has 21 heavy (non-hydrogen) atoms. The third kappa shape index (κ3) is 4.41. The first-order valence-electron chi connectivity index (χ1n) is 7.11. The van der Waals surface area contributed by atoms with E-state index in [4.69, 9.17) is 4.42 Å². The third-order valence-electron chi connectivity index (χ3n) is 3.20. The van der Waals surface area contributed by atoms with E-state index >= 15 is 0 Å². The lowest BCUT2D eigenvalue weighted by Gasteiger charge is -2.17. The van der Waals surface area contributed by atoms with Crippen LogP contribution in [0.2, 0.25) is 0 Å². The first kappa shape index (κ1) is 15.7. The van der Waals surface area contributed by atoms with Gasteiger partial charge in [-0.1, -0.05) is 6.92 Å². The minimum atomic E-state index is -0.288. The van der Waals surface area contributed by atoms with E-state index in [0.717, 1.165) is 17.2 Å². The van der Waals surface area contributed by atoms with Gasteiger partial charge in [-0.25, -0.2) is 4.98 Å². The lowest BCUT2D eigenvalue weighted by atomic mass is 10.2. The van der Waals surface area contributed by atoms with E-state index in [1.54, 1.807) is 23.7 Å². The zero-order valence-corrected chi connectivity index (χ0v) is 13.4. The average Bonchev–Trinajstić information content (AvgIpc) is 3.15. The number of amides is 1. The average molecular weight is 307 g/mol. The van der Waals surface area contributed by atoms with Gasteiger partial charge in [0.05, 0.1) is 24.9 Å². The molecule has 2 rings (SSSR count). The highest BCUT2D eigenvalue weighted by Gasteiger charge is 2.18. The smallest absolute Gasteiger partial charge is 0.237 e. The van der Waals surface area contributed by atoms with Crippen LogP contribution in [0, 0.1) is 0 Å². The molecule has 6 heteroatoms. The summed E-state index contributed by atoms with van der Waals surface area (Å²) in [6, 6.07) is 3.41. The van der Waals surface area contributed by atoms with E-state index < -0.39 is 0 Å². The Balaban J connectivity index is 1.82. The van der Waals surface area contributed by atoms with E-state index in [2.05, 4.69) is 22.5 Å². The number of hydrogen-bond donors (Lipinski definition) is 2. The molecule has 0 aliphatic carbocycles. The van der Waals surface area contributed by atoms with Crippen LogP contribution in [-0.4, -0.2) is 16.9 Å². The Labute approximate surface area is 128 Å². The Morgan fingerprint density at radius 2 is 2.29 bits per heavy atom. The van der Waals surface area contributed by atoms with Gasteiger partial charge in [0.1, 0.15) is 10.8 Å². The summed E-state index contributed by atoms with van der Waals surface area (Å²) in [5.41, 5.74) is 0. The van der Waals surface area contributed by atoms with Crippen LogP contribution in [0.3, 0.4) is 0 Å². The van der Waals surface area contributed by atoms with Crippen molar-refractivity contribution >= 4 is 17.2 Å². The molecular formula is C15H21N3O2S. The maximum absolute atomic E-state index is 12.0. The first-order valence-corrected chi connectivity index (χ1v) is 7.92. The first-order chi connectivity index (χ1) is 10.1. The molecule has 5 nitrogen and oxygen atoms in total. The molecule has 2 aromatic heterocycles. The van der Waals surface area contributed by atoms with Crippen LogP contribution < -0.4 is 10.6 Å². The minimum Gasteiger partial charge on any atom is -0.467 e. The molecule has 0 saturated heterocycles. The maximum atomic E-state index is 12.0. The molecule has 1 amide bonds. The quantitative estimate of drug-likeness (QED) is 0.825. The van der Waals surface area contributed by atoms with Crippen molar-refractivity contribution in [3.05, 3.63) is 40.2 Å². The van der Waals surface area contributed by atoms with Gasteiger partial charge in [-0.2, -0.15) is 0 Å². The summed E-state index contributed by atoms with van der Waals surface area (Å²) in [5, 5.41) is 7.13. The highest BCUT2D eigenvalue weighted by molar-refractivity contribution is 7.11. The van der Waals surface area contributed by atoms with Crippen molar-refractivity contribution in [2.45, 2.75) is 45.8 Å². The SMILES string of the molecule is CCc1cnc(C(C)NC(C)C(=O)NCc2ccco2)s1. The fraction of sp³-hybridized carbons (Fsp3) is 0.467. The molecule has 114 valence electrons. The second-order valence-corrected chi connectivity index (χ2v) is 6.07. The molecule has 0 radical (unpaired) electrons. The molecule has 2 atom stereocenters. The number of aromatic nitrogens is 1. The molecule has 0 aliphatic heterocycles. The van der Waals surface area contributed by atoms with Crippen LogP contribution in [0.4, 0.5) is 0 Å². The van der Waals surface area contributed by atoms with Crippen molar-refractivity contribution in [3.63, 3.8) is 0 Å². The Bertz CT molecular complexity index is 565. The number of aryl methyl sites for hydroxylation is 1. The Kier molecular flexibility index (Phi) is 5.52. The highest BCUT2D eigenvalue weighted by atomic mass is 32.1. The third-order valence-corrected chi connectivity index (χ3v) is 4.52. The number of hydrogen-bond acceptors (Lipinski definition) is 5. The molecular weight excluding hydrogens is 286 g/mol. The molecule has 2 unspecified atom stereocenters. The molecule has 2 heterocycles. The van der Waals surface area contributed by atoms with Gasteiger partial charge >= 0.3 is 0 Å². The Hall–Kier alpha value is -1.66. The second kappa shape index (κ2) is 7.38. The standard InChI is InChI=1S/C15H21N3O2S/c1-4-13-9-17-15(21-13)11(3)18-10(2)14(19)16-8-12-6-5-7-20-12/h5-7,9-11,18H,4,8H2,1-3H3,(H,16,19). The van der Waals surface area contributed by atoms with Crippen molar-refractivity contribution < 1.29 is 9.21 Å². The van der Waals surface area contributed by atoms with Crippen LogP contribution in [-0.2, 0) is 17.8 Å². The van der Waals surface area contributed by atoms with Gasteiger partial charge in [0.15, 0.2) is 0 Å². The van der Waals surface area contributed by atoms with Crippen LogP contribution in [0.15, 0.2) is 29.0 Å². The molecule has 0 spiro atoms. The molecule has 0 aromatic carbocycles. The number of thiazole rings is 1. The van der Waals surface area contributed by atoms with Gasteiger partial charge in [0, 0.05) is 11.1 Å². The predicted molar refractivity (Wildman–Crippen MR) is 83.1 cm³/mol. The summed E-state index contributed by atoms with van der Waals surface area (Å²) in [5.74, 6) is 0.696. The monoisotopic (exact) mass is 307 g/mol. The van der Waals surface area contributed by atoms with Gasteiger partial charge in [-0.05, 0) is 32.4 Å². The summed E-state index contributed by atoms with van der Waals surface area (Å²) in [7, 11) is 0. The van der Waals surface area contributed by atoms with Crippen LogP contribution in [0.1, 0.15) is 42.5 Å². The van der Waals surface area contributed by atoms with Crippen LogP contribution >= 0.6 is 11.3 Å². The van der Waals surface area contributed by atoms with E-state index in [0.29, 0.717) is 6.54 Å². The summed E-state index contributed by atoms with van der Waals surface area (Å²) in [6.45, 7) is 6.39. The molecule has 2 aromatic rings. The number of furan rings is 1. The van der Waals surface area contributed by atoms with Gasteiger partial charge in [0.25, 0.3) is 0 Å². The zero-order chi connectivity index (χ0) is 15.2. The topological polar surface area (TPSA) is 67.2 Å². The van der Waals surface area contributed by atoms with Gasteiger partial charge in [-0.3, -0.25) is 10.1 Å². The summed E-state index contributed by atoms with van der Waals surface area (Å²) >= 11 is 1.69. The predicted octanol–water partition coefficient (Wildman–Crippen LogP) is 2.65. The minimum absolute atomic E-state index is 0.0504. The van der Waals surface area contributed by atoms with Crippen molar-refractivity contribution in [1.82, 2.24) is 15.6 Å². The molecule has 2 N–H and O–H groups in total. The van der Waals surface area contributed by atoms with E-state index in [1.807, 2.05) is 26.1 Å². The van der Waals surface area contributed by atoms with Crippen LogP contribution in [0.25, 0.3) is 0 Å². The number of rotatable bonds is 7. The van der Waals surface area contributed by atoms with Crippen molar-refractivity contribution in [3.8, 4) is 0 Å². The van der Waals surface area contributed by atoms with Crippen molar-refractivity contribution in [2.75, 3.05) is 0 Å². The number of nitrogens with one attached hydrogen (secondary N) is 2. The lowest BCUT2D eigenvalue weighted by molar-refractivity contribution is -0.123. The number of carbonyl (C=O) groups excluding carboxylic acids is 1. The van der Waals surface area contributed by atoms with Gasteiger partial charge < -0.3 is 9.73 Å². The molecule has 0 fully saturated rings. The maximum Gasteiger partial charge on any atom is 0.237 e. The van der Waals surface area contributed by atoms with Crippen molar-refractivity contribution in [2.24, 2.45) is 0 Å². The van der Waals surface area contributed by atoms with E-state index in [-0.39, 0.29) is 18.0 Å². The second-order valence-electron chi connectivity index (χ2n) is 4.93. The van der Waals surface area contributed by atoms with Crippen LogP contribution in [0.5, 0.6) is 0 Å². The number of nitrogens with zero attached hydrogens (tertiary/aromatic N) is 1. The van der Waals surface area contributed by atoms with E-state index in [1.165, 1.54) is 4.88 Å². The van der Waals surface area contributed by atoms with Gasteiger partial charge in [-0.15, -0.1) is 11.3 Å². The summed E-state index contributed by atoms with van der Waals surface area (Å²) < 4.78 is 5.19. The normalized spacial score (nSPS) is 13.9. The Morgan fingerprint density at radius 1 is 1.48 bits per heavy atom. The molecule has 0 saturated carbocycles. The van der Waals surface area contributed by atoms with Crippen molar-refractivity contribution in [1.29, 1.82) is 0 Å². The van der Waals surface area contributed by atoms with E-state index in [9.17, 15) is 4.79 Å². The zero-order valence-electron chi connectivity index (χ0n) is 12.6. The number of carbonyl (C=O) groups is 1. The fourth-order valence-electron chi connectivity index (χ4n) is 1.95. The van der Waals surface area contributed by atoms with Gasteiger partial charge in [0.2, 0.25) is 5.91 Å². The summed E-state index contributed by atoms with van der Waals surface area (Å²) in [4.78, 5) is 17.7. The Morgan fingerprint density at radius 3 is 2.90 bits per heavy atom. The lowest BCUT2D eigenvalue weighted by Crippen LogP contribution is -2.42. The largest absolute Gasteiger partial charge is 0.467 e. The fourth-order valence-corrected chi connectivity index (χ4v) is 2.82.